The second-order valence-corrected chi connectivity index (χ2v) is 6.72. The molecule has 0 radical (unpaired) electrons. The van der Waals surface area contributed by atoms with Crippen molar-refractivity contribution in [1.82, 2.24) is 4.90 Å². The highest BCUT2D eigenvalue weighted by atomic mass is 19.1. The first-order valence-corrected chi connectivity index (χ1v) is 10.8. The van der Waals surface area contributed by atoms with Crippen LogP contribution in [0.25, 0.3) is 5.57 Å². The van der Waals surface area contributed by atoms with Crippen molar-refractivity contribution in [3.8, 4) is 0 Å². The lowest BCUT2D eigenvalue weighted by Gasteiger charge is -2.17. The van der Waals surface area contributed by atoms with E-state index in [2.05, 4.69) is 45.5 Å². The molecule has 27 heavy (non-hydrogen) atoms. The smallest absolute Gasteiger partial charge is 0.123 e. The monoisotopic (exact) mass is 377 g/mol. The van der Waals surface area contributed by atoms with Gasteiger partial charge >= 0.3 is 0 Å². The molecular weight excluding hydrogens is 333 g/mol. The van der Waals surface area contributed by atoms with Crippen LogP contribution in [-0.2, 0) is 0 Å². The lowest BCUT2D eigenvalue weighted by atomic mass is 10.0. The predicted octanol–water partition coefficient (Wildman–Crippen LogP) is 8.48. The summed E-state index contributed by atoms with van der Waals surface area (Å²) in [6, 6.07) is 6.56. The minimum absolute atomic E-state index is 0.209. The van der Waals surface area contributed by atoms with Crippen LogP contribution in [0.1, 0.15) is 92.1 Å². The number of allylic oxidation sites excluding steroid dienone is 2. The predicted molar refractivity (Wildman–Crippen MR) is 123 cm³/mol. The number of hydrogen-bond donors (Lipinski definition) is 0. The largest absolute Gasteiger partial charge is 0.380 e. The summed E-state index contributed by atoms with van der Waals surface area (Å²) < 4.78 is 12.9. The van der Waals surface area contributed by atoms with Crippen molar-refractivity contribution < 1.29 is 4.39 Å². The van der Waals surface area contributed by atoms with E-state index in [1.54, 1.807) is 12.1 Å². The molecule has 2 heteroatoms. The van der Waals surface area contributed by atoms with Crippen molar-refractivity contribution in [2.24, 2.45) is 0 Å². The van der Waals surface area contributed by atoms with E-state index in [0.717, 1.165) is 23.3 Å². The van der Waals surface area contributed by atoms with E-state index >= 15 is 0 Å². The zero-order valence-corrected chi connectivity index (χ0v) is 19.1. The Labute approximate surface area is 169 Å². The van der Waals surface area contributed by atoms with Gasteiger partial charge in [0.25, 0.3) is 0 Å². The lowest BCUT2D eigenvalue weighted by Crippen LogP contribution is -2.13. The third-order valence-electron chi connectivity index (χ3n) is 4.04. The third-order valence-corrected chi connectivity index (χ3v) is 4.04. The number of hydrogen-bond acceptors (Lipinski definition) is 1. The van der Waals surface area contributed by atoms with Crippen LogP contribution in [0, 0.1) is 5.82 Å². The Bertz CT molecular complexity index is 484. The molecule has 0 aliphatic rings. The number of rotatable bonds is 10. The first-order chi connectivity index (χ1) is 13.0. The normalized spacial score (nSPS) is 10.3. The van der Waals surface area contributed by atoms with Crippen molar-refractivity contribution in [1.29, 1.82) is 0 Å². The molecule has 0 bridgehead atoms. The van der Waals surface area contributed by atoms with Crippen molar-refractivity contribution >= 4 is 5.57 Å². The Hall–Kier alpha value is -1.57. The van der Waals surface area contributed by atoms with E-state index in [1.807, 2.05) is 20.8 Å². The topological polar surface area (TPSA) is 3.24 Å². The molecule has 1 aromatic carbocycles. The summed E-state index contributed by atoms with van der Waals surface area (Å²) >= 11 is 0. The molecule has 0 aliphatic carbocycles. The Morgan fingerprint density at radius 3 is 1.81 bits per heavy atom. The number of unbranched alkanes of at least 4 members (excludes halogenated alkanes) is 5. The summed E-state index contributed by atoms with van der Waals surface area (Å²) in [4.78, 5) is 2.16. The zero-order valence-electron chi connectivity index (χ0n) is 19.1. The highest BCUT2D eigenvalue weighted by molar-refractivity contribution is 5.77. The van der Waals surface area contributed by atoms with Crippen LogP contribution in [0.3, 0.4) is 0 Å². The summed E-state index contributed by atoms with van der Waals surface area (Å²) in [5, 5.41) is 0. The van der Waals surface area contributed by atoms with E-state index in [9.17, 15) is 4.39 Å². The van der Waals surface area contributed by atoms with Crippen molar-refractivity contribution in [2.45, 2.75) is 86.5 Å². The average Bonchev–Trinajstić information content (AvgIpc) is 2.67. The maximum absolute atomic E-state index is 12.9. The lowest BCUT2D eigenvalue weighted by molar-refractivity contribution is 0.442. The molecule has 0 N–H and O–H groups in total. The third kappa shape index (κ3) is 15.2. The molecule has 0 saturated carbocycles. The summed E-state index contributed by atoms with van der Waals surface area (Å²) in [7, 11) is 2.06. The van der Waals surface area contributed by atoms with Crippen LogP contribution < -0.4 is 0 Å². The number of benzene rings is 1. The molecule has 0 unspecified atom stereocenters. The summed E-state index contributed by atoms with van der Waals surface area (Å²) in [5.74, 6) is -0.209. The van der Waals surface area contributed by atoms with Crippen LogP contribution in [0.4, 0.5) is 4.39 Å². The zero-order chi connectivity index (χ0) is 21.1. The van der Waals surface area contributed by atoms with Gasteiger partial charge in [0.1, 0.15) is 5.82 Å². The van der Waals surface area contributed by atoms with Crippen molar-refractivity contribution in [3.05, 3.63) is 54.0 Å². The molecule has 1 aromatic rings. The Kier molecular flexibility index (Phi) is 19.7. The van der Waals surface area contributed by atoms with Gasteiger partial charge in [-0.1, -0.05) is 91.9 Å². The van der Waals surface area contributed by atoms with Gasteiger partial charge in [-0.25, -0.2) is 4.39 Å². The highest BCUT2D eigenvalue weighted by Gasteiger charge is 2.04. The molecule has 1 nitrogen and oxygen atoms in total. The maximum atomic E-state index is 12.9. The SMILES string of the molecule is C=C(C)/C(=C\N(C)CCCC)c1ccc(F)cc1.CC.CCCCCCC. The first-order valence-electron chi connectivity index (χ1n) is 10.8. The van der Waals surface area contributed by atoms with Gasteiger partial charge in [-0.15, -0.1) is 0 Å². The summed E-state index contributed by atoms with van der Waals surface area (Å²) in [5.41, 5.74) is 3.06. The van der Waals surface area contributed by atoms with Crippen LogP contribution >= 0.6 is 0 Å². The molecule has 0 amide bonds. The second-order valence-electron chi connectivity index (χ2n) is 6.72. The average molecular weight is 378 g/mol. The molecule has 0 aromatic heterocycles. The number of nitrogens with zero attached hydrogens (tertiary/aromatic N) is 1. The highest BCUT2D eigenvalue weighted by Crippen LogP contribution is 2.22. The fourth-order valence-electron chi connectivity index (χ4n) is 2.43. The Balaban J connectivity index is 0. The fourth-order valence-corrected chi connectivity index (χ4v) is 2.43. The molecule has 0 fully saturated rings. The molecule has 156 valence electrons. The maximum Gasteiger partial charge on any atom is 0.123 e. The van der Waals surface area contributed by atoms with E-state index < -0.39 is 0 Å². The summed E-state index contributed by atoms with van der Waals surface area (Å²) in [6.45, 7) is 17.7. The molecule has 0 heterocycles. The molecular formula is C25H44FN. The van der Waals surface area contributed by atoms with Gasteiger partial charge < -0.3 is 4.90 Å². The van der Waals surface area contributed by atoms with E-state index in [4.69, 9.17) is 0 Å². The molecule has 0 spiro atoms. The standard InChI is InChI=1S/C16H22FN.C7H16.C2H6/c1-5-6-11-18(4)12-16(13(2)3)14-7-9-15(17)10-8-14;1-3-5-7-6-4-2;1-2/h7-10,12H,2,5-6,11H2,1,3-4H3;3-7H2,1-2H3;1-2H3/b16-12+;;. The number of halogens is 1. The van der Waals surface area contributed by atoms with Crippen molar-refractivity contribution in [2.75, 3.05) is 13.6 Å². The van der Waals surface area contributed by atoms with Crippen LogP contribution in [0.5, 0.6) is 0 Å². The quantitative estimate of drug-likeness (QED) is 0.292. The molecule has 0 saturated heterocycles. The van der Waals surface area contributed by atoms with Gasteiger partial charge in [-0.3, -0.25) is 0 Å². The first kappa shape index (κ1) is 27.6. The summed E-state index contributed by atoms with van der Waals surface area (Å²) in [6.07, 6.45) is 11.4. The van der Waals surface area contributed by atoms with Crippen LogP contribution in [-0.4, -0.2) is 18.5 Å². The van der Waals surface area contributed by atoms with Gasteiger partial charge in [0, 0.05) is 19.8 Å². The minimum atomic E-state index is -0.209. The van der Waals surface area contributed by atoms with E-state index in [1.165, 1.54) is 57.1 Å². The van der Waals surface area contributed by atoms with Crippen LogP contribution in [0.2, 0.25) is 0 Å². The van der Waals surface area contributed by atoms with Gasteiger partial charge in [0.2, 0.25) is 0 Å². The Morgan fingerprint density at radius 2 is 1.41 bits per heavy atom. The molecule has 0 atom stereocenters. The second kappa shape index (κ2) is 19.2. The van der Waals surface area contributed by atoms with Gasteiger partial charge in [-0.05, 0) is 42.2 Å². The fraction of sp³-hybridized carbons (Fsp3) is 0.600. The van der Waals surface area contributed by atoms with Gasteiger partial charge in [0.15, 0.2) is 0 Å². The van der Waals surface area contributed by atoms with Gasteiger partial charge in [0.05, 0.1) is 0 Å². The minimum Gasteiger partial charge on any atom is -0.380 e. The van der Waals surface area contributed by atoms with E-state index in [-0.39, 0.29) is 5.82 Å². The molecule has 0 aliphatic heterocycles. The molecule has 1 rings (SSSR count). The van der Waals surface area contributed by atoms with E-state index in [0.29, 0.717) is 0 Å². The van der Waals surface area contributed by atoms with Gasteiger partial charge in [-0.2, -0.15) is 0 Å². The van der Waals surface area contributed by atoms with Crippen molar-refractivity contribution in [3.63, 3.8) is 0 Å². The Morgan fingerprint density at radius 1 is 0.926 bits per heavy atom. The van der Waals surface area contributed by atoms with Crippen LogP contribution in [0.15, 0.2) is 42.6 Å².